The van der Waals surface area contributed by atoms with Gasteiger partial charge in [0, 0.05) is 28.2 Å². The largest absolute Gasteiger partial charge is 0.342 e. The highest BCUT2D eigenvalue weighted by Gasteiger charge is 2.35. The number of nitrogens with zero attached hydrogens (tertiary/aromatic N) is 2. The second kappa shape index (κ2) is 9.29. The van der Waals surface area contributed by atoms with E-state index in [-0.39, 0.29) is 23.5 Å². The SMILES string of the molecule is O=C1S/C(=C/c2cn(Cc3ccccc3F)c3ccccc23)C(=O)N1Cc1ccc(Cl)c(Cl)c1. The average Bonchev–Trinajstić information content (AvgIpc) is 3.30. The van der Waals surface area contributed by atoms with Crippen LogP contribution in [0.15, 0.2) is 77.8 Å². The van der Waals surface area contributed by atoms with Crippen molar-refractivity contribution in [3.8, 4) is 0 Å². The van der Waals surface area contributed by atoms with Crippen LogP contribution in [0.2, 0.25) is 10.0 Å². The summed E-state index contributed by atoms with van der Waals surface area (Å²) in [5.74, 6) is -0.641. The normalized spacial score (nSPS) is 15.1. The highest BCUT2D eigenvalue weighted by molar-refractivity contribution is 8.18. The number of hydrogen-bond donors (Lipinski definition) is 0. The van der Waals surface area contributed by atoms with Crippen LogP contribution in [0.5, 0.6) is 0 Å². The monoisotopic (exact) mass is 510 g/mol. The number of halogens is 3. The number of fused-ring (bicyclic) bond motifs is 1. The maximum atomic E-state index is 14.2. The van der Waals surface area contributed by atoms with Crippen molar-refractivity contribution in [3.05, 3.63) is 110 Å². The molecule has 0 aliphatic carbocycles. The molecule has 0 N–H and O–H groups in total. The van der Waals surface area contributed by atoms with E-state index in [2.05, 4.69) is 0 Å². The van der Waals surface area contributed by atoms with Crippen molar-refractivity contribution in [2.45, 2.75) is 13.1 Å². The second-order valence-corrected chi connectivity index (χ2v) is 9.64. The Morgan fingerprint density at radius 1 is 0.912 bits per heavy atom. The number of rotatable bonds is 5. The summed E-state index contributed by atoms with van der Waals surface area (Å²) in [5, 5.41) is 1.34. The van der Waals surface area contributed by atoms with Crippen LogP contribution in [0.3, 0.4) is 0 Å². The molecule has 1 aliphatic heterocycles. The minimum absolute atomic E-state index is 0.105. The van der Waals surface area contributed by atoms with Gasteiger partial charge in [-0.05, 0) is 47.7 Å². The van der Waals surface area contributed by atoms with Crippen molar-refractivity contribution in [2.75, 3.05) is 0 Å². The minimum atomic E-state index is -0.369. The first-order chi connectivity index (χ1) is 16.4. The lowest BCUT2D eigenvalue weighted by Crippen LogP contribution is -2.27. The Hall–Kier alpha value is -3.06. The molecular weight excluding hydrogens is 494 g/mol. The van der Waals surface area contributed by atoms with Gasteiger partial charge in [-0.15, -0.1) is 0 Å². The Labute approximate surface area is 209 Å². The number of imide groups is 1. The smallest absolute Gasteiger partial charge is 0.293 e. The number of amides is 2. The number of aromatic nitrogens is 1. The van der Waals surface area contributed by atoms with Gasteiger partial charge in [-0.25, -0.2) is 4.39 Å². The van der Waals surface area contributed by atoms with Gasteiger partial charge >= 0.3 is 0 Å². The topological polar surface area (TPSA) is 42.3 Å². The summed E-state index contributed by atoms with van der Waals surface area (Å²) in [6.07, 6.45) is 3.60. The van der Waals surface area contributed by atoms with Gasteiger partial charge in [-0.1, -0.05) is 65.7 Å². The lowest BCUT2D eigenvalue weighted by Gasteiger charge is -2.12. The maximum Gasteiger partial charge on any atom is 0.293 e. The zero-order chi connectivity index (χ0) is 23.8. The van der Waals surface area contributed by atoms with Crippen LogP contribution >= 0.6 is 35.0 Å². The van der Waals surface area contributed by atoms with Crippen LogP contribution in [0.4, 0.5) is 9.18 Å². The zero-order valence-electron chi connectivity index (χ0n) is 17.7. The van der Waals surface area contributed by atoms with Crippen LogP contribution < -0.4 is 0 Å². The molecule has 1 aliphatic rings. The molecule has 2 heterocycles. The molecule has 0 saturated carbocycles. The summed E-state index contributed by atoms with van der Waals surface area (Å²) in [7, 11) is 0. The van der Waals surface area contributed by atoms with Gasteiger partial charge < -0.3 is 4.57 Å². The molecule has 8 heteroatoms. The Morgan fingerprint density at radius 3 is 2.47 bits per heavy atom. The third-order valence-corrected chi connectivity index (χ3v) is 7.25. The van der Waals surface area contributed by atoms with Crippen molar-refractivity contribution in [1.82, 2.24) is 9.47 Å². The molecule has 3 aromatic carbocycles. The number of thioether (sulfide) groups is 1. The van der Waals surface area contributed by atoms with Gasteiger partial charge in [-0.2, -0.15) is 0 Å². The number of para-hydroxylation sites is 1. The first-order valence-corrected chi connectivity index (χ1v) is 12.0. The number of benzene rings is 3. The van der Waals surface area contributed by atoms with E-state index in [0.29, 0.717) is 32.6 Å². The van der Waals surface area contributed by atoms with Gasteiger partial charge in [0.2, 0.25) is 0 Å². The summed E-state index contributed by atoms with van der Waals surface area (Å²) in [5.41, 5.74) is 2.97. The summed E-state index contributed by atoms with van der Waals surface area (Å²) < 4.78 is 16.2. The van der Waals surface area contributed by atoms with Crippen molar-refractivity contribution in [1.29, 1.82) is 0 Å². The molecule has 1 fully saturated rings. The molecule has 0 radical (unpaired) electrons. The molecule has 4 nitrogen and oxygen atoms in total. The summed E-state index contributed by atoms with van der Waals surface area (Å²) in [6, 6.07) is 19.4. The van der Waals surface area contributed by atoms with Gasteiger partial charge in [0.25, 0.3) is 11.1 Å². The van der Waals surface area contributed by atoms with E-state index in [4.69, 9.17) is 23.2 Å². The van der Waals surface area contributed by atoms with Gasteiger partial charge in [0.15, 0.2) is 0 Å². The Balaban J connectivity index is 1.46. The molecule has 1 saturated heterocycles. The van der Waals surface area contributed by atoms with Crippen molar-refractivity contribution < 1.29 is 14.0 Å². The molecular formula is C26H17Cl2FN2O2S. The number of carbonyl (C=O) groups is 2. The fourth-order valence-electron chi connectivity index (χ4n) is 3.93. The number of hydrogen-bond acceptors (Lipinski definition) is 3. The lowest BCUT2D eigenvalue weighted by molar-refractivity contribution is -0.123. The van der Waals surface area contributed by atoms with Crippen molar-refractivity contribution >= 4 is 63.1 Å². The molecule has 0 spiro atoms. The van der Waals surface area contributed by atoms with Crippen LogP contribution in [0.1, 0.15) is 16.7 Å². The predicted octanol–water partition coefficient (Wildman–Crippen LogP) is 7.37. The second-order valence-electron chi connectivity index (χ2n) is 7.84. The average molecular weight is 511 g/mol. The quantitative estimate of drug-likeness (QED) is 0.263. The fraction of sp³-hybridized carbons (Fsp3) is 0.0769. The van der Waals surface area contributed by atoms with E-state index in [1.54, 1.807) is 42.5 Å². The standard InChI is InChI=1S/C26H17Cl2FN2O2S/c27-20-10-9-16(11-21(20)28)13-31-25(32)24(34-26(31)33)12-18-15-30(23-8-4-2-6-19(18)23)14-17-5-1-3-7-22(17)29/h1-12,15H,13-14H2/b24-12+. The zero-order valence-corrected chi connectivity index (χ0v) is 20.0. The van der Waals surface area contributed by atoms with Crippen molar-refractivity contribution in [3.63, 3.8) is 0 Å². The molecule has 34 heavy (non-hydrogen) atoms. The van der Waals surface area contributed by atoms with E-state index in [1.807, 2.05) is 35.0 Å². The third kappa shape index (κ3) is 4.37. The molecule has 0 bridgehead atoms. The van der Waals surface area contributed by atoms with Crippen molar-refractivity contribution in [2.24, 2.45) is 0 Å². The summed E-state index contributed by atoms with van der Waals surface area (Å²) in [4.78, 5) is 27.2. The predicted molar refractivity (Wildman–Crippen MR) is 135 cm³/mol. The minimum Gasteiger partial charge on any atom is -0.342 e. The van der Waals surface area contributed by atoms with Gasteiger partial charge in [0.05, 0.1) is 28.0 Å². The first-order valence-electron chi connectivity index (χ1n) is 10.4. The van der Waals surface area contributed by atoms with Crippen LogP contribution in [0.25, 0.3) is 17.0 Å². The molecule has 5 rings (SSSR count). The number of carbonyl (C=O) groups excluding carboxylic acids is 2. The summed E-state index contributed by atoms with van der Waals surface area (Å²) in [6.45, 7) is 0.452. The molecule has 170 valence electrons. The maximum absolute atomic E-state index is 14.2. The van der Waals surface area contributed by atoms with Gasteiger partial charge in [-0.3, -0.25) is 14.5 Å². The van der Waals surface area contributed by atoms with Gasteiger partial charge in [0.1, 0.15) is 5.82 Å². The van der Waals surface area contributed by atoms with E-state index in [9.17, 15) is 14.0 Å². The van der Waals surface area contributed by atoms with Crippen LogP contribution in [-0.4, -0.2) is 20.6 Å². The molecule has 0 unspecified atom stereocenters. The molecule has 4 aromatic rings. The van der Waals surface area contributed by atoms with Crippen LogP contribution in [0, 0.1) is 5.82 Å². The molecule has 2 amide bonds. The van der Waals surface area contributed by atoms with E-state index in [0.717, 1.165) is 28.2 Å². The molecule has 1 aromatic heterocycles. The Kier molecular flexibility index (Phi) is 6.21. The highest BCUT2D eigenvalue weighted by atomic mass is 35.5. The first kappa shape index (κ1) is 22.7. The van der Waals surface area contributed by atoms with E-state index < -0.39 is 0 Å². The Bertz CT molecular complexity index is 1480. The van der Waals surface area contributed by atoms with Crippen LogP contribution in [-0.2, 0) is 17.9 Å². The third-order valence-electron chi connectivity index (χ3n) is 5.60. The Morgan fingerprint density at radius 2 is 1.68 bits per heavy atom. The fourth-order valence-corrected chi connectivity index (χ4v) is 5.08. The summed E-state index contributed by atoms with van der Waals surface area (Å²) >= 11 is 12.9. The van der Waals surface area contributed by atoms with E-state index >= 15 is 0 Å². The lowest BCUT2D eigenvalue weighted by atomic mass is 10.1. The molecule has 0 atom stereocenters. The van der Waals surface area contributed by atoms with E-state index in [1.165, 1.54) is 11.0 Å². The highest BCUT2D eigenvalue weighted by Crippen LogP contribution is 2.35.